The summed E-state index contributed by atoms with van der Waals surface area (Å²) in [6, 6.07) is 79.0. The highest BCUT2D eigenvalue weighted by Gasteiger charge is 2.29. The van der Waals surface area contributed by atoms with E-state index in [-0.39, 0.29) is 0 Å². The third-order valence-electron chi connectivity index (χ3n) is 11.7. The number of allylic oxidation sites excluding steroid dienone is 2. The molecule has 4 nitrogen and oxygen atoms in total. The van der Waals surface area contributed by atoms with Gasteiger partial charge in [-0.2, -0.15) is 0 Å². The number of aromatic nitrogens is 4. The molecule has 0 aliphatic rings. The van der Waals surface area contributed by atoms with Crippen molar-refractivity contribution in [1.29, 1.82) is 0 Å². The second kappa shape index (κ2) is 17.9. The van der Waals surface area contributed by atoms with Crippen molar-refractivity contribution in [2.24, 2.45) is 0 Å². The fourth-order valence-electron chi connectivity index (χ4n) is 8.55. The molecule has 8 aromatic carbocycles. The molecule has 10 aromatic rings. The van der Waals surface area contributed by atoms with E-state index >= 15 is 0 Å². The molecule has 0 aliphatic heterocycles. The van der Waals surface area contributed by atoms with Gasteiger partial charge in [0.2, 0.25) is 0 Å². The van der Waals surface area contributed by atoms with Crippen molar-refractivity contribution in [2.75, 3.05) is 0 Å². The van der Waals surface area contributed by atoms with E-state index < -0.39 is 0 Å². The Labute approximate surface area is 375 Å². The first-order chi connectivity index (χ1) is 31.6. The summed E-state index contributed by atoms with van der Waals surface area (Å²) in [4.78, 5) is 20.5. The van der Waals surface area contributed by atoms with E-state index in [0.717, 1.165) is 89.3 Å². The molecular weight excluding hydrogens is 777 g/mol. The molecule has 0 bridgehead atoms. The zero-order chi connectivity index (χ0) is 43.2. The predicted molar refractivity (Wildman–Crippen MR) is 266 cm³/mol. The Morgan fingerprint density at radius 1 is 0.297 bits per heavy atom. The topological polar surface area (TPSA) is 51.6 Å². The summed E-state index contributed by atoms with van der Waals surface area (Å²) in [6.45, 7) is 4.04. The van der Waals surface area contributed by atoms with Gasteiger partial charge in [0.05, 0.1) is 11.4 Å². The molecule has 0 fully saturated rings. The van der Waals surface area contributed by atoms with Gasteiger partial charge in [0.1, 0.15) is 0 Å². The summed E-state index contributed by atoms with van der Waals surface area (Å²) in [5, 5.41) is 0. The zero-order valence-corrected chi connectivity index (χ0v) is 35.7. The second-order valence-electron chi connectivity index (χ2n) is 15.7. The monoisotopic (exact) mass is 820 g/mol. The molecule has 2 heterocycles. The molecule has 4 heteroatoms. The summed E-state index contributed by atoms with van der Waals surface area (Å²) in [7, 11) is 0. The van der Waals surface area contributed by atoms with E-state index in [1.165, 1.54) is 5.56 Å². The van der Waals surface area contributed by atoms with Crippen molar-refractivity contribution in [3.05, 3.63) is 236 Å². The molecule has 10 rings (SSSR count). The van der Waals surface area contributed by atoms with Crippen LogP contribution in [-0.4, -0.2) is 19.9 Å². The van der Waals surface area contributed by atoms with Crippen molar-refractivity contribution in [3.63, 3.8) is 0 Å². The van der Waals surface area contributed by atoms with Crippen LogP contribution in [0, 0.1) is 0 Å². The van der Waals surface area contributed by atoms with Crippen LogP contribution in [0.25, 0.3) is 106 Å². The molecule has 64 heavy (non-hydrogen) atoms. The van der Waals surface area contributed by atoms with Crippen molar-refractivity contribution in [2.45, 2.75) is 13.8 Å². The molecule has 0 unspecified atom stereocenters. The van der Waals surface area contributed by atoms with E-state index in [1.54, 1.807) is 0 Å². The summed E-state index contributed by atoms with van der Waals surface area (Å²) < 4.78 is 0. The van der Waals surface area contributed by atoms with Gasteiger partial charge >= 0.3 is 0 Å². The van der Waals surface area contributed by atoms with Gasteiger partial charge in [-0.05, 0) is 82.1 Å². The highest BCUT2D eigenvalue weighted by atomic mass is 15.0. The molecule has 0 atom stereocenters. The summed E-state index contributed by atoms with van der Waals surface area (Å²) in [6.07, 6.45) is 2.03. The third-order valence-corrected chi connectivity index (χ3v) is 11.7. The SMILES string of the molecule is C/C=C(\C)c1nc(-c2ccccc2)nc(-c2cccc(-c3cccc(-c4c(-c5ccccc5)c(-c5ccccc5)c(-c5ccccc5)c(-c5ccccc5)c4-c4ccccc4)n3)c2)n1. The third kappa shape index (κ3) is 7.85. The first-order valence-corrected chi connectivity index (χ1v) is 21.7. The van der Waals surface area contributed by atoms with Gasteiger partial charge in [-0.1, -0.05) is 212 Å². The normalized spacial score (nSPS) is 11.4. The lowest BCUT2D eigenvalue weighted by Gasteiger charge is -2.28. The maximum absolute atomic E-state index is 5.65. The number of benzene rings is 8. The maximum atomic E-state index is 5.65. The Kier molecular flexibility index (Phi) is 11.2. The summed E-state index contributed by atoms with van der Waals surface area (Å²) in [5.41, 5.74) is 17.8. The van der Waals surface area contributed by atoms with Crippen molar-refractivity contribution in [3.8, 4) is 101 Å². The smallest absolute Gasteiger partial charge is 0.164 e. The Bertz CT molecular complexity index is 3140. The fourth-order valence-corrected chi connectivity index (χ4v) is 8.55. The Morgan fingerprint density at radius 2 is 0.625 bits per heavy atom. The first kappa shape index (κ1) is 39.8. The maximum Gasteiger partial charge on any atom is 0.164 e. The van der Waals surface area contributed by atoms with E-state index in [2.05, 4.69) is 194 Å². The largest absolute Gasteiger partial charge is 0.248 e. The molecule has 0 N–H and O–H groups in total. The van der Waals surface area contributed by atoms with Gasteiger partial charge in [-0.15, -0.1) is 0 Å². The lowest BCUT2D eigenvalue weighted by molar-refractivity contribution is 1.03. The molecule has 0 aliphatic carbocycles. The lowest BCUT2D eigenvalue weighted by atomic mass is 9.75. The number of rotatable bonds is 10. The molecule has 0 amide bonds. The van der Waals surface area contributed by atoms with Gasteiger partial charge in [-0.3, -0.25) is 0 Å². The number of hydrogen-bond acceptors (Lipinski definition) is 4. The van der Waals surface area contributed by atoms with E-state index in [0.29, 0.717) is 17.5 Å². The number of nitrogens with zero attached hydrogens (tertiary/aromatic N) is 4. The van der Waals surface area contributed by atoms with Gasteiger partial charge in [0, 0.05) is 33.4 Å². The van der Waals surface area contributed by atoms with Gasteiger partial charge < -0.3 is 0 Å². The minimum absolute atomic E-state index is 0.609. The Hall–Kier alpha value is -8.34. The molecule has 0 saturated heterocycles. The van der Waals surface area contributed by atoms with Crippen LogP contribution in [0.1, 0.15) is 19.7 Å². The van der Waals surface area contributed by atoms with Crippen LogP contribution in [0.2, 0.25) is 0 Å². The first-order valence-electron chi connectivity index (χ1n) is 21.7. The standard InChI is InChI=1S/C60H44N4/c1-3-41(2)58-62-59(47-34-20-9-21-35-47)64-60(63-58)49-37-22-36-48(40-49)50-38-23-39-51(61-50)57-55(45-30-16-7-17-31-45)53(43-26-12-5-13-27-43)52(42-24-10-4-11-25-42)54(44-28-14-6-15-29-44)56(57)46-32-18-8-19-33-46/h3-40H,1-2H3/b41-3+. The molecule has 0 saturated carbocycles. The lowest BCUT2D eigenvalue weighted by Crippen LogP contribution is -2.03. The van der Waals surface area contributed by atoms with Gasteiger partial charge in [0.15, 0.2) is 17.5 Å². The Balaban J connectivity index is 1.28. The minimum Gasteiger partial charge on any atom is -0.248 e. The molecule has 0 radical (unpaired) electrons. The van der Waals surface area contributed by atoms with Crippen LogP contribution < -0.4 is 0 Å². The molecule has 0 spiro atoms. The fraction of sp³-hybridized carbons (Fsp3) is 0.0333. The van der Waals surface area contributed by atoms with E-state index in [9.17, 15) is 0 Å². The molecule has 304 valence electrons. The average Bonchev–Trinajstić information content (AvgIpc) is 3.39. The quantitative estimate of drug-likeness (QED) is 0.138. The number of pyridine rings is 1. The van der Waals surface area contributed by atoms with Crippen LogP contribution in [-0.2, 0) is 0 Å². The van der Waals surface area contributed by atoms with Crippen LogP contribution in [0.4, 0.5) is 0 Å². The van der Waals surface area contributed by atoms with Gasteiger partial charge in [-0.25, -0.2) is 19.9 Å². The molecule has 2 aromatic heterocycles. The zero-order valence-electron chi connectivity index (χ0n) is 35.7. The van der Waals surface area contributed by atoms with Gasteiger partial charge in [0.25, 0.3) is 0 Å². The minimum atomic E-state index is 0.609. The van der Waals surface area contributed by atoms with Crippen LogP contribution >= 0.6 is 0 Å². The Morgan fingerprint density at radius 3 is 1.05 bits per heavy atom. The average molecular weight is 821 g/mol. The van der Waals surface area contributed by atoms with E-state index in [1.807, 2.05) is 50.3 Å². The van der Waals surface area contributed by atoms with E-state index in [4.69, 9.17) is 19.9 Å². The van der Waals surface area contributed by atoms with Crippen molar-refractivity contribution < 1.29 is 0 Å². The van der Waals surface area contributed by atoms with Crippen molar-refractivity contribution >= 4 is 5.57 Å². The number of hydrogen-bond donors (Lipinski definition) is 0. The van der Waals surface area contributed by atoms with Crippen molar-refractivity contribution in [1.82, 2.24) is 19.9 Å². The molecular formula is C60H44N4. The second-order valence-corrected chi connectivity index (χ2v) is 15.7. The van der Waals surface area contributed by atoms with Crippen LogP contribution in [0.15, 0.2) is 231 Å². The summed E-state index contributed by atoms with van der Waals surface area (Å²) >= 11 is 0. The highest BCUT2D eigenvalue weighted by molar-refractivity contribution is 6.14. The highest BCUT2D eigenvalue weighted by Crippen LogP contribution is 2.55. The van der Waals surface area contributed by atoms with Crippen LogP contribution in [0.5, 0.6) is 0 Å². The summed E-state index contributed by atoms with van der Waals surface area (Å²) in [5.74, 6) is 1.90. The van der Waals surface area contributed by atoms with Crippen LogP contribution in [0.3, 0.4) is 0 Å². The predicted octanol–water partition coefficient (Wildman–Crippen LogP) is 15.7.